The molecule has 134 valence electrons. The summed E-state index contributed by atoms with van der Waals surface area (Å²) in [5, 5.41) is 12.4. The van der Waals surface area contributed by atoms with Gasteiger partial charge in [0.1, 0.15) is 11.8 Å². The van der Waals surface area contributed by atoms with E-state index in [0.29, 0.717) is 24.8 Å². The molecule has 4 heteroatoms. The summed E-state index contributed by atoms with van der Waals surface area (Å²) in [5.41, 5.74) is 1.06. The third-order valence-corrected chi connectivity index (χ3v) is 4.67. The van der Waals surface area contributed by atoms with E-state index in [9.17, 15) is 9.90 Å². The molecule has 0 aliphatic heterocycles. The zero-order chi connectivity index (χ0) is 17.4. The Morgan fingerprint density at radius 3 is 2.71 bits per heavy atom. The predicted molar refractivity (Wildman–Crippen MR) is 96.2 cm³/mol. The number of ether oxygens (including phenoxy) is 1. The minimum atomic E-state index is -0.784. The molecule has 24 heavy (non-hydrogen) atoms. The number of carbonyl (C=O) groups is 1. The van der Waals surface area contributed by atoms with Gasteiger partial charge in [0.2, 0.25) is 0 Å². The quantitative estimate of drug-likeness (QED) is 0.710. The Morgan fingerprint density at radius 1 is 1.29 bits per heavy atom. The first-order valence-corrected chi connectivity index (χ1v) is 9.22. The van der Waals surface area contributed by atoms with Gasteiger partial charge in [0.25, 0.3) is 0 Å². The fourth-order valence-electron chi connectivity index (χ4n) is 3.30. The van der Waals surface area contributed by atoms with Crippen LogP contribution in [-0.2, 0) is 11.3 Å². The van der Waals surface area contributed by atoms with Crippen molar-refractivity contribution in [1.29, 1.82) is 0 Å². The molecule has 1 aliphatic rings. The molecule has 2 N–H and O–H groups in total. The van der Waals surface area contributed by atoms with Crippen LogP contribution in [0, 0.1) is 11.8 Å². The molecule has 0 unspecified atom stereocenters. The minimum absolute atomic E-state index is 0.351. The summed E-state index contributed by atoms with van der Waals surface area (Å²) >= 11 is 0. The lowest BCUT2D eigenvalue weighted by atomic mass is 9.90. The maximum atomic E-state index is 11.3. The maximum absolute atomic E-state index is 11.3. The van der Waals surface area contributed by atoms with E-state index in [0.717, 1.165) is 17.9 Å². The highest BCUT2D eigenvalue weighted by molar-refractivity contribution is 5.73. The first kappa shape index (κ1) is 18.8. The first-order chi connectivity index (χ1) is 11.5. The van der Waals surface area contributed by atoms with Crippen molar-refractivity contribution in [3.63, 3.8) is 0 Å². The van der Waals surface area contributed by atoms with Crippen LogP contribution in [0.1, 0.15) is 57.9 Å². The Balaban J connectivity index is 1.83. The number of carboxylic acid groups (broad SMARTS) is 1. The molecule has 1 atom stereocenters. The summed E-state index contributed by atoms with van der Waals surface area (Å²) < 4.78 is 5.96. The van der Waals surface area contributed by atoms with Gasteiger partial charge < -0.3 is 15.2 Å². The van der Waals surface area contributed by atoms with Crippen LogP contribution in [0.4, 0.5) is 0 Å². The van der Waals surface area contributed by atoms with E-state index in [1.54, 1.807) is 0 Å². The standard InChI is InChI=1S/C20H31NO3/c1-15(2)11-19(20(22)23)21-13-17-9-6-10-18(12-17)24-14-16-7-4-3-5-8-16/h6,9-10,12,15-16,19,21H,3-5,7-8,11,13-14H2,1-2H3,(H,22,23)/t19-/m1/s1. The zero-order valence-corrected chi connectivity index (χ0v) is 15.0. The molecule has 1 fully saturated rings. The normalized spacial score (nSPS) is 17.0. The van der Waals surface area contributed by atoms with E-state index in [4.69, 9.17) is 4.74 Å². The van der Waals surface area contributed by atoms with Crippen LogP contribution in [0.3, 0.4) is 0 Å². The third kappa shape index (κ3) is 6.52. The Bertz CT molecular complexity index is 509. The van der Waals surface area contributed by atoms with Crippen molar-refractivity contribution < 1.29 is 14.6 Å². The van der Waals surface area contributed by atoms with Gasteiger partial charge in [-0.05, 0) is 48.8 Å². The Morgan fingerprint density at radius 2 is 2.04 bits per heavy atom. The van der Waals surface area contributed by atoms with E-state index in [2.05, 4.69) is 5.32 Å². The van der Waals surface area contributed by atoms with Crippen molar-refractivity contribution in [2.24, 2.45) is 11.8 Å². The number of rotatable bonds is 9. The highest BCUT2D eigenvalue weighted by Crippen LogP contribution is 2.25. The molecule has 0 heterocycles. The van der Waals surface area contributed by atoms with Crippen molar-refractivity contribution in [2.75, 3.05) is 6.61 Å². The fraction of sp³-hybridized carbons (Fsp3) is 0.650. The van der Waals surface area contributed by atoms with E-state index in [-0.39, 0.29) is 0 Å². The molecule has 0 amide bonds. The molecule has 1 saturated carbocycles. The molecule has 0 saturated heterocycles. The zero-order valence-electron chi connectivity index (χ0n) is 15.0. The molecule has 1 aliphatic carbocycles. The van der Waals surface area contributed by atoms with Crippen LogP contribution >= 0.6 is 0 Å². The van der Waals surface area contributed by atoms with Gasteiger partial charge >= 0.3 is 5.97 Å². The summed E-state index contributed by atoms with van der Waals surface area (Å²) in [5.74, 6) is 1.13. The third-order valence-electron chi connectivity index (χ3n) is 4.67. The van der Waals surface area contributed by atoms with Gasteiger partial charge in [-0.1, -0.05) is 45.2 Å². The highest BCUT2D eigenvalue weighted by atomic mass is 16.5. The fourth-order valence-corrected chi connectivity index (χ4v) is 3.30. The van der Waals surface area contributed by atoms with Gasteiger partial charge in [-0.2, -0.15) is 0 Å². The lowest BCUT2D eigenvalue weighted by Gasteiger charge is -2.22. The molecular weight excluding hydrogens is 302 g/mol. The summed E-state index contributed by atoms with van der Waals surface area (Å²) in [4.78, 5) is 11.3. The smallest absolute Gasteiger partial charge is 0.320 e. The van der Waals surface area contributed by atoms with E-state index < -0.39 is 12.0 Å². The second-order valence-electron chi connectivity index (χ2n) is 7.36. The Kier molecular flexibility index (Phi) is 7.57. The van der Waals surface area contributed by atoms with Gasteiger partial charge in [0.05, 0.1) is 6.61 Å². The molecule has 1 aromatic carbocycles. The van der Waals surface area contributed by atoms with Crippen LogP contribution < -0.4 is 10.1 Å². The van der Waals surface area contributed by atoms with Crippen LogP contribution in [0.25, 0.3) is 0 Å². The number of hydrogen-bond donors (Lipinski definition) is 2. The molecular formula is C20H31NO3. The monoisotopic (exact) mass is 333 g/mol. The number of nitrogens with one attached hydrogen (secondary N) is 1. The van der Waals surface area contributed by atoms with Crippen molar-refractivity contribution >= 4 is 5.97 Å². The molecule has 1 aromatic rings. The van der Waals surface area contributed by atoms with E-state index >= 15 is 0 Å². The molecule has 2 rings (SSSR count). The number of benzene rings is 1. The Labute approximate surface area is 145 Å². The minimum Gasteiger partial charge on any atom is -0.493 e. The van der Waals surface area contributed by atoms with E-state index in [1.807, 2.05) is 38.1 Å². The second kappa shape index (κ2) is 9.67. The number of carboxylic acids is 1. The Hall–Kier alpha value is -1.55. The number of hydrogen-bond acceptors (Lipinski definition) is 3. The van der Waals surface area contributed by atoms with Crippen LogP contribution in [-0.4, -0.2) is 23.7 Å². The lowest BCUT2D eigenvalue weighted by Crippen LogP contribution is -2.37. The lowest BCUT2D eigenvalue weighted by molar-refractivity contribution is -0.140. The van der Waals surface area contributed by atoms with Gasteiger partial charge in [-0.25, -0.2) is 0 Å². The first-order valence-electron chi connectivity index (χ1n) is 9.22. The van der Waals surface area contributed by atoms with E-state index in [1.165, 1.54) is 32.1 Å². The predicted octanol–water partition coefficient (Wildman–Crippen LogP) is 4.23. The number of aliphatic carboxylic acids is 1. The van der Waals surface area contributed by atoms with Gasteiger partial charge in [0.15, 0.2) is 0 Å². The largest absolute Gasteiger partial charge is 0.493 e. The topological polar surface area (TPSA) is 58.6 Å². The molecule has 0 spiro atoms. The molecule has 4 nitrogen and oxygen atoms in total. The summed E-state index contributed by atoms with van der Waals surface area (Å²) in [6.45, 7) is 5.42. The van der Waals surface area contributed by atoms with Crippen LogP contribution in [0.2, 0.25) is 0 Å². The average molecular weight is 333 g/mol. The highest BCUT2D eigenvalue weighted by Gasteiger charge is 2.18. The average Bonchev–Trinajstić information content (AvgIpc) is 2.57. The van der Waals surface area contributed by atoms with Gasteiger partial charge in [0, 0.05) is 6.54 Å². The summed E-state index contributed by atoms with van der Waals surface area (Å²) in [6, 6.07) is 7.48. The van der Waals surface area contributed by atoms with Crippen molar-refractivity contribution in [3.8, 4) is 5.75 Å². The summed E-state index contributed by atoms with van der Waals surface area (Å²) in [6.07, 6.45) is 7.19. The van der Waals surface area contributed by atoms with Crippen molar-refractivity contribution in [1.82, 2.24) is 5.32 Å². The maximum Gasteiger partial charge on any atom is 0.320 e. The molecule has 0 bridgehead atoms. The summed E-state index contributed by atoms with van der Waals surface area (Å²) in [7, 11) is 0. The van der Waals surface area contributed by atoms with Crippen molar-refractivity contribution in [3.05, 3.63) is 29.8 Å². The molecule has 0 aromatic heterocycles. The van der Waals surface area contributed by atoms with Crippen LogP contribution in [0.5, 0.6) is 5.75 Å². The SMILES string of the molecule is CC(C)C[C@@H](NCc1cccc(OCC2CCCCC2)c1)C(=O)O. The molecule has 0 radical (unpaired) electrons. The van der Waals surface area contributed by atoms with Crippen molar-refractivity contribution in [2.45, 2.75) is 65.0 Å². The second-order valence-corrected chi connectivity index (χ2v) is 7.36. The van der Waals surface area contributed by atoms with Gasteiger partial charge in [-0.15, -0.1) is 0 Å². The van der Waals surface area contributed by atoms with Crippen LogP contribution in [0.15, 0.2) is 24.3 Å². The van der Waals surface area contributed by atoms with Gasteiger partial charge in [-0.3, -0.25) is 4.79 Å².